The minimum absolute atomic E-state index is 0.265. The number of thiazole rings is 1. The summed E-state index contributed by atoms with van der Waals surface area (Å²) in [6, 6.07) is 1.99. The van der Waals surface area contributed by atoms with Crippen LogP contribution in [-0.2, 0) is 4.74 Å². The van der Waals surface area contributed by atoms with Gasteiger partial charge in [0.15, 0.2) is 10.3 Å². The second kappa shape index (κ2) is 7.49. The highest BCUT2D eigenvalue weighted by molar-refractivity contribution is 7.16. The number of nitriles is 1. The van der Waals surface area contributed by atoms with Gasteiger partial charge in [-0.2, -0.15) is 5.26 Å². The number of halogens is 1. The van der Waals surface area contributed by atoms with Gasteiger partial charge >= 0.3 is 0 Å². The highest BCUT2D eigenvalue weighted by Crippen LogP contribution is 2.25. The van der Waals surface area contributed by atoms with Gasteiger partial charge < -0.3 is 10.1 Å². The topological polar surface area (TPSA) is 57.9 Å². The molecule has 0 bridgehead atoms. The first-order valence-corrected chi connectivity index (χ1v) is 6.71. The molecule has 1 aromatic rings. The van der Waals surface area contributed by atoms with Gasteiger partial charge in [-0.05, 0) is 12.3 Å². The van der Waals surface area contributed by atoms with E-state index in [-0.39, 0.29) is 5.15 Å². The van der Waals surface area contributed by atoms with Gasteiger partial charge in [-0.25, -0.2) is 4.98 Å². The number of nitrogens with zero attached hydrogens (tertiary/aromatic N) is 2. The summed E-state index contributed by atoms with van der Waals surface area (Å²) in [5, 5.41) is 12.7. The summed E-state index contributed by atoms with van der Waals surface area (Å²) in [4.78, 5) is 4.46. The molecule has 0 aliphatic carbocycles. The SMILES string of the molecule is CC(C)CCOCCNc1nc(Cl)c(C#N)s1. The van der Waals surface area contributed by atoms with Crippen LogP contribution in [0.3, 0.4) is 0 Å². The number of hydrogen-bond acceptors (Lipinski definition) is 5. The molecule has 0 saturated heterocycles. The van der Waals surface area contributed by atoms with Crippen LogP contribution in [0, 0.1) is 17.2 Å². The zero-order chi connectivity index (χ0) is 12.7. The molecular formula is C11H16ClN3OS. The van der Waals surface area contributed by atoms with Gasteiger partial charge in [0.05, 0.1) is 6.61 Å². The summed E-state index contributed by atoms with van der Waals surface area (Å²) in [5.74, 6) is 0.666. The Bertz CT molecular complexity index is 387. The average molecular weight is 274 g/mol. The first kappa shape index (κ1) is 14.2. The third-order valence-electron chi connectivity index (χ3n) is 2.05. The molecule has 0 aliphatic heterocycles. The quantitative estimate of drug-likeness (QED) is 0.776. The van der Waals surface area contributed by atoms with Crippen molar-refractivity contribution in [2.45, 2.75) is 20.3 Å². The average Bonchev–Trinajstić information content (AvgIpc) is 2.63. The van der Waals surface area contributed by atoms with E-state index in [1.807, 2.05) is 6.07 Å². The lowest BCUT2D eigenvalue weighted by Gasteiger charge is -2.06. The lowest BCUT2D eigenvalue weighted by molar-refractivity contribution is 0.132. The molecule has 0 fully saturated rings. The Labute approximate surface area is 111 Å². The molecule has 0 saturated carbocycles. The molecule has 17 heavy (non-hydrogen) atoms. The van der Waals surface area contributed by atoms with Gasteiger partial charge in [-0.1, -0.05) is 36.8 Å². The first-order chi connectivity index (χ1) is 8.13. The van der Waals surface area contributed by atoms with E-state index in [1.54, 1.807) is 0 Å². The summed E-state index contributed by atoms with van der Waals surface area (Å²) in [7, 11) is 0. The summed E-state index contributed by atoms with van der Waals surface area (Å²) >= 11 is 7.01. The van der Waals surface area contributed by atoms with E-state index in [1.165, 1.54) is 11.3 Å². The number of aromatic nitrogens is 1. The maximum atomic E-state index is 8.71. The lowest BCUT2D eigenvalue weighted by Crippen LogP contribution is -2.10. The Hall–Kier alpha value is -0.830. The number of anilines is 1. The largest absolute Gasteiger partial charge is 0.380 e. The van der Waals surface area contributed by atoms with E-state index in [2.05, 4.69) is 24.1 Å². The third kappa shape index (κ3) is 5.35. The van der Waals surface area contributed by atoms with Crippen LogP contribution in [-0.4, -0.2) is 24.7 Å². The van der Waals surface area contributed by atoms with Crippen molar-refractivity contribution in [1.29, 1.82) is 5.26 Å². The van der Waals surface area contributed by atoms with Crippen LogP contribution in [0.25, 0.3) is 0 Å². The lowest BCUT2D eigenvalue weighted by atomic mass is 10.1. The van der Waals surface area contributed by atoms with Crippen LogP contribution in [0.5, 0.6) is 0 Å². The maximum Gasteiger partial charge on any atom is 0.185 e. The standard InChI is InChI=1S/C11H16ClN3OS/c1-8(2)3-5-16-6-4-14-11-15-10(12)9(7-13)17-11/h8H,3-6H2,1-2H3,(H,14,15). The molecule has 0 atom stereocenters. The van der Waals surface area contributed by atoms with Gasteiger partial charge in [0.2, 0.25) is 0 Å². The molecule has 0 unspecified atom stereocenters. The number of nitrogens with one attached hydrogen (secondary N) is 1. The minimum Gasteiger partial charge on any atom is -0.380 e. The van der Waals surface area contributed by atoms with Gasteiger partial charge in [-0.3, -0.25) is 0 Å². The summed E-state index contributed by atoms with van der Waals surface area (Å²) in [6.45, 7) is 6.42. The molecule has 0 aromatic carbocycles. The van der Waals surface area contributed by atoms with Crippen LogP contribution in [0.15, 0.2) is 0 Å². The molecule has 0 aliphatic rings. The van der Waals surface area contributed by atoms with Crippen molar-refractivity contribution in [1.82, 2.24) is 4.98 Å². The van der Waals surface area contributed by atoms with Crippen molar-refractivity contribution in [3.63, 3.8) is 0 Å². The summed E-state index contributed by atoms with van der Waals surface area (Å²) in [6.07, 6.45) is 1.07. The van der Waals surface area contributed by atoms with Crippen molar-refractivity contribution in [3.8, 4) is 6.07 Å². The normalized spacial score (nSPS) is 10.5. The molecule has 1 rings (SSSR count). The predicted molar refractivity (Wildman–Crippen MR) is 70.6 cm³/mol. The van der Waals surface area contributed by atoms with E-state index in [4.69, 9.17) is 21.6 Å². The zero-order valence-corrected chi connectivity index (χ0v) is 11.6. The van der Waals surface area contributed by atoms with Crippen molar-refractivity contribution < 1.29 is 4.74 Å². The van der Waals surface area contributed by atoms with Crippen molar-refractivity contribution in [2.24, 2.45) is 5.92 Å². The van der Waals surface area contributed by atoms with Crippen LogP contribution >= 0.6 is 22.9 Å². The Balaban J connectivity index is 2.16. The van der Waals surface area contributed by atoms with Crippen LogP contribution in [0.2, 0.25) is 5.15 Å². The number of hydrogen-bond donors (Lipinski definition) is 1. The van der Waals surface area contributed by atoms with Gasteiger partial charge in [-0.15, -0.1) is 0 Å². The number of ether oxygens (including phenoxy) is 1. The van der Waals surface area contributed by atoms with E-state index < -0.39 is 0 Å². The zero-order valence-electron chi connectivity index (χ0n) is 9.99. The highest BCUT2D eigenvalue weighted by atomic mass is 35.5. The van der Waals surface area contributed by atoms with Crippen LogP contribution in [0.1, 0.15) is 25.1 Å². The number of rotatable bonds is 7. The van der Waals surface area contributed by atoms with Crippen LogP contribution < -0.4 is 5.32 Å². The van der Waals surface area contributed by atoms with Crippen LogP contribution in [0.4, 0.5) is 5.13 Å². The summed E-state index contributed by atoms with van der Waals surface area (Å²) < 4.78 is 5.45. The van der Waals surface area contributed by atoms with E-state index in [0.29, 0.717) is 29.1 Å². The van der Waals surface area contributed by atoms with E-state index in [0.717, 1.165) is 13.0 Å². The van der Waals surface area contributed by atoms with E-state index >= 15 is 0 Å². The fourth-order valence-electron chi connectivity index (χ4n) is 1.10. The molecule has 0 radical (unpaired) electrons. The molecule has 1 aromatic heterocycles. The predicted octanol–water partition coefficient (Wildman–Crippen LogP) is 3.14. The molecule has 1 heterocycles. The Morgan fingerprint density at radius 2 is 2.29 bits per heavy atom. The van der Waals surface area contributed by atoms with E-state index in [9.17, 15) is 0 Å². The molecule has 0 amide bonds. The molecular weight excluding hydrogens is 258 g/mol. The monoisotopic (exact) mass is 273 g/mol. The fraction of sp³-hybridized carbons (Fsp3) is 0.636. The second-order valence-corrected chi connectivity index (χ2v) is 5.33. The Kier molecular flexibility index (Phi) is 6.27. The second-order valence-electron chi connectivity index (χ2n) is 3.97. The molecule has 4 nitrogen and oxygen atoms in total. The molecule has 6 heteroatoms. The summed E-state index contributed by atoms with van der Waals surface area (Å²) in [5.41, 5.74) is 0. The van der Waals surface area contributed by atoms with Gasteiger partial charge in [0.25, 0.3) is 0 Å². The first-order valence-electron chi connectivity index (χ1n) is 5.51. The highest BCUT2D eigenvalue weighted by Gasteiger charge is 2.07. The molecule has 1 N–H and O–H groups in total. The Morgan fingerprint density at radius 1 is 1.53 bits per heavy atom. The van der Waals surface area contributed by atoms with Crippen molar-refractivity contribution in [2.75, 3.05) is 25.1 Å². The van der Waals surface area contributed by atoms with Gasteiger partial charge in [0, 0.05) is 13.2 Å². The maximum absolute atomic E-state index is 8.71. The fourth-order valence-corrected chi connectivity index (χ4v) is 2.07. The molecule has 94 valence electrons. The minimum atomic E-state index is 0.265. The van der Waals surface area contributed by atoms with Gasteiger partial charge in [0.1, 0.15) is 10.9 Å². The van der Waals surface area contributed by atoms with Crippen molar-refractivity contribution in [3.05, 3.63) is 10.0 Å². The van der Waals surface area contributed by atoms with Crippen molar-refractivity contribution >= 4 is 28.1 Å². The smallest absolute Gasteiger partial charge is 0.185 e. The third-order valence-corrected chi connectivity index (χ3v) is 3.35. The Morgan fingerprint density at radius 3 is 2.88 bits per heavy atom. The molecule has 0 spiro atoms.